The highest BCUT2D eigenvalue weighted by Gasteiger charge is 2.21. The molecule has 3 rings (SSSR count). The summed E-state index contributed by atoms with van der Waals surface area (Å²) in [5.74, 6) is 1.92. The lowest BCUT2D eigenvalue weighted by molar-refractivity contribution is 0.0755. The smallest absolute Gasteiger partial charge is 0.161 e. The highest BCUT2D eigenvalue weighted by Crippen LogP contribution is 2.31. The van der Waals surface area contributed by atoms with Gasteiger partial charge in [-0.25, -0.2) is 4.68 Å². The maximum Gasteiger partial charge on any atom is 0.161 e. The fourth-order valence-electron chi connectivity index (χ4n) is 1.85. The van der Waals surface area contributed by atoms with Crippen molar-refractivity contribution in [2.24, 2.45) is 0 Å². The second-order valence-electron chi connectivity index (χ2n) is 4.06. The third-order valence-electron chi connectivity index (χ3n) is 2.68. The normalized spacial score (nSPS) is 17.7. The molecule has 0 spiro atoms. The van der Waals surface area contributed by atoms with Crippen molar-refractivity contribution in [1.82, 2.24) is 15.0 Å². The average Bonchev–Trinajstić information content (AvgIpc) is 2.86. The number of nitrogens with zero attached hydrogens (tertiary/aromatic N) is 3. The molecule has 1 aliphatic heterocycles. The summed E-state index contributed by atoms with van der Waals surface area (Å²) in [6.45, 7) is 1.10. The molecule has 0 bridgehead atoms. The van der Waals surface area contributed by atoms with Crippen molar-refractivity contribution in [3.63, 3.8) is 0 Å². The Morgan fingerprint density at radius 1 is 1.33 bits per heavy atom. The minimum atomic E-state index is -0.0650. The Morgan fingerprint density at radius 3 is 2.94 bits per heavy atom. The zero-order valence-corrected chi connectivity index (χ0v) is 10.4. The number of hydrogen-bond donors (Lipinski definition) is 0. The van der Waals surface area contributed by atoms with Crippen LogP contribution in [0.15, 0.2) is 30.5 Å². The van der Waals surface area contributed by atoms with Gasteiger partial charge in [0.2, 0.25) is 0 Å². The number of halogens is 1. The summed E-state index contributed by atoms with van der Waals surface area (Å²) in [5, 5.41) is 7.91. The summed E-state index contributed by atoms with van der Waals surface area (Å²) in [6.07, 6.45) is 1.75. The van der Waals surface area contributed by atoms with Gasteiger partial charge in [-0.05, 0) is 12.1 Å². The summed E-state index contributed by atoms with van der Waals surface area (Å²) in [5.41, 5.74) is 0.758. The molecule has 0 saturated carbocycles. The van der Waals surface area contributed by atoms with Crippen molar-refractivity contribution < 1.29 is 9.47 Å². The van der Waals surface area contributed by atoms with Crippen LogP contribution in [0.4, 0.5) is 0 Å². The van der Waals surface area contributed by atoms with Crippen LogP contribution in [-0.4, -0.2) is 27.7 Å². The molecule has 1 aromatic carbocycles. The van der Waals surface area contributed by atoms with E-state index in [2.05, 4.69) is 10.3 Å². The van der Waals surface area contributed by atoms with Crippen molar-refractivity contribution in [1.29, 1.82) is 0 Å². The number of para-hydroxylation sites is 2. The Morgan fingerprint density at radius 2 is 2.17 bits per heavy atom. The van der Waals surface area contributed by atoms with Crippen LogP contribution in [0.5, 0.6) is 11.5 Å². The number of alkyl halides is 1. The molecule has 2 aromatic rings. The Bertz CT molecular complexity index is 544. The van der Waals surface area contributed by atoms with Gasteiger partial charge in [-0.1, -0.05) is 17.3 Å². The van der Waals surface area contributed by atoms with E-state index in [9.17, 15) is 0 Å². The fraction of sp³-hybridized carbons (Fsp3) is 0.333. The molecule has 1 aliphatic rings. The number of hydrogen-bond acceptors (Lipinski definition) is 4. The quantitative estimate of drug-likeness (QED) is 0.795. The zero-order chi connectivity index (χ0) is 12.4. The SMILES string of the molecule is ClCc1cn(CC2COc3ccccc3O2)nn1. The van der Waals surface area contributed by atoms with Crippen LogP contribution in [0.1, 0.15) is 5.69 Å². The lowest BCUT2D eigenvalue weighted by Crippen LogP contribution is -2.33. The molecule has 0 N–H and O–H groups in total. The number of rotatable bonds is 3. The first-order chi connectivity index (χ1) is 8.85. The summed E-state index contributed by atoms with van der Waals surface area (Å²) < 4.78 is 13.2. The van der Waals surface area contributed by atoms with Crippen molar-refractivity contribution in [3.05, 3.63) is 36.2 Å². The molecule has 1 aromatic heterocycles. The van der Waals surface area contributed by atoms with Crippen molar-refractivity contribution in [3.8, 4) is 11.5 Å². The van der Waals surface area contributed by atoms with Gasteiger partial charge in [-0.2, -0.15) is 0 Å². The van der Waals surface area contributed by atoms with Gasteiger partial charge in [0.25, 0.3) is 0 Å². The molecule has 94 valence electrons. The standard InChI is InChI=1S/C12H12ClN3O2/c13-5-9-6-16(15-14-9)7-10-8-17-11-3-1-2-4-12(11)18-10/h1-4,6,10H,5,7-8H2. The summed E-state index contributed by atoms with van der Waals surface area (Å²) in [6, 6.07) is 7.64. The molecule has 0 fully saturated rings. The Balaban J connectivity index is 1.69. The minimum Gasteiger partial charge on any atom is -0.486 e. The Hall–Kier alpha value is -1.75. The van der Waals surface area contributed by atoms with E-state index in [1.165, 1.54) is 0 Å². The van der Waals surface area contributed by atoms with Crippen LogP contribution in [0.2, 0.25) is 0 Å². The largest absolute Gasteiger partial charge is 0.486 e. The van der Waals surface area contributed by atoms with E-state index in [0.29, 0.717) is 19.0 Å². The molecule has 18 heavy (non-hydrogen) atoms. The van der Waals surface area contributed by atoms with Crippen LogP contribution in [0.25, 0.3) is 0 Å². The van der Waals surface area contributed by atoms with Crippen LogP contribution >= 0.6 is 11.6 Å². The molecule has 6 heteroatoms. The van der Waals surface area contributed by atoms with Crippen molar-refractivity contribution in [2.45, 2.75) is 18.5 Å². The average molecular weight is 266 g/mol. The number of ether oxygens (including phenoxy) is 2. The fourth-order valence-corrected chi connectivity index (χ4v) is 1.97. The lowest BCUT2D eigenvalue weighted by atomic mass is 10.2. The maximum atomic E-state index is 5.83. The minimum absolute atomic E-state index is 0.0650. The predicted molar refractivity (Wildman–Crippen MR) is 65.9 cm³/mol. The molecule has 0 aliphatic carbocycles. The van der Waals surface area contributed by atoms with E-state index in [4.69, 9.17) is 21.1 Å². The number of fused-ring (bicyclic) bond motifs is 1. The second-order valence-corrected chi connectivity index (χ2v) is 4.33. The monoisotopic (exact) mass is 265 g/mol. The third-order valence-corrected chi connectivity index (χ3v) is 2.96. The molecule has 1 unspecified atom stereocenters. The van der Waals surface area contributed by atoms with Gasteiger partial charge in [-0.3, -0.25) is 0 Å². The van der Waals surface area contributed by atoms with Gasteiger partial charge >= 0.3 is 0 Å². The highest BCUT2D eigenvalue weighted by atomic mass is 35.5. The lowest BCUT2D eigenvalue weighted by Gasteiger charge is -2.26. The van der Waals surface area contributed by atoms with E-state index < -0.39 is 0 Å². The number of benzene rings is 1. The van der Waals surface area contributed by atoms with Crippen LogP contribution in [-0.2, 0) is 12.4 Å². The van der Waals surface area contributed by atoms with E-state index >= 15 is 0 Å². The van der Waals surface area contributed by atoms with Gasteiger partial charge < -0.3 is 9.47 Å². The van der Waals surface area contributed by atoms with Crippen LogP contribution in [0.3, 0.4) is 0 Å². The van der Waals surface area contributed by atoms with Gasteiger partial charge in [-0.15, -0.1) is 16.7 Å². The second kappa shape index (κ2) is 4.86. The van der Waals surface area contributed by atoms with Crippen LogP contribution in [0, 0.1) is 0 Å². The first-order valence-corrected chi connectivity index (χ1v) is 6.22. The van der Waals surface area contributed by atoms with Gasteiger partial charge in [0.15, 0.2) is 17.6 Å². The first kappa shape index (κ1) is 11.3. The molecule has 0 amide bonds. The van der Waals surface area contributed by atoms with E-state index in [-0.39, 0.29) is 6.10 Å². The summed E-state index contributed by atoms with van der Waals surface area (Å²) in [7, 11) is 0. The van der Waals surface area contributed by atoms with Gasteiger partial charge in [0.1, 0.15) is 6.61 Å². The summed E-state index contributed by atoms with van der Waals surface area (Å²) >= 11 is 5.68. The molecule has 2 heterocycles. The van der Waals surface area contributed by atoms with Crippen molar-refractivity contribution >= 4 is 11.6 Å². The molecule has 5 nitrogen and oxygen atoms in total. The van der Waals surface area contributed by atoms with E-state index in [0.717, 1.165) is 17.2 Å². The van der Waals surface area contributed by atoms with Crippen molar-refractivity contribution in [2.75, 3.05) is 6.61 Å². The first-order valence-electron chi connectivity index (χ1n) is 5.68. The Labute approximate surface area is 109 Å². The van der Waals surface area contributed by atoms with Crippen LogP contribution < -0.4 is 9.47 Å². The van der Waals surface area contributed by atoms with Gasteiger partial charge in [0, 0.05) is 6.20 Å². The molecular weight excluding hydrogens is 254 g/mol. The third kappa shape index (κ3) is 2.26. The van der Waals surface area contributed by atoms with E-state index in [1.807, 2.05) is 30.5 Å². The maximum absolute atomic E-state index is 5.83. The van der Waals surface area contributed by atoms with Gasteiger partial charge in [0.05, 0.1) is 18.1 Å². The molecule has 1 atom stereocenters. The molecule has 0 saturated heterocycles. The highest BCUT2D eigenvalue weighted by molar-refractivity contribution is 6.16. The molecule has 0 radical (unpaired) electrons. The zero-order valence-electron chi connectivity index (χ0n) is 9.62. The van der Waals surface area contributed by atoms with E-state index in [1.54, 1.807) is 4.68 Å². The number of aromatic nitrogens is 3. The Kier molecular flexibility index (Phi) is 3.06. The molecular formula is C12H12ClN3O2. The topological polar surface area (TPSA) is 49.2 Å². The predicted octanol–water partition coefficient (Wildman–Crippen LogP) is 1.86. The summed E-state index contributed by atoms with van der Waals surface area (Å²) in [4.78, 5) is 0.